The predicted molar refractivity (Wildman–Crippen MR) is 69.7 cm³/mol. The molecule has 18 heavy (non-hydrogen) atoms. The molecule has 0 atom stereocenters. The summed E-state index contributed by atoms with van der Waals surface area (Å²) in [5.41, 5.74) is 7.54. The highest BCUT2D eigenvalue weighted by molar-refractivity contribution is 5.73. The van der Waals surface area contributed by atoms with Crippen LogP contribution in [0.25, 0.3) is 0 Å². The molecule has 0 fully saturated rings. The van der Waals surface area contributed by atoms with E-state index in [4.69, 9.17) is 5.73 Å². The van der Waals surface area contributed by atoms with Crippen molar-refractivity contribution in [3.63, 3.8) is 0 Å². The molecule has 0 radical (unpaired) electrons. The van der Waals surface area contributed by atoms with E-state index in [0.717, 1.165) is 12.1 Å². The molecule has 2 rings (SSSR count). The van der Waals surface area contributed by atoms with E-state index in [1.165, 1.54) is 5.56 Å². The van der Waals surface area contributed by atoms with E-state index in [9.17, 15) is 4.79 Å². The third-order valence-electron chi connectivity index (χ3n) is 2.83. The number of benzene rings is 1. The Morgan fingerprint density at radius 3 is 2.28 bits per heavy atom. The first kappa shape index (κ1) is 12.3. The van der Waals surface area contributed by atoms with E-state index < -0.39 is 0 Å². The number of aromatic nitrogens is 1. The van der Waals surface area contributed by atoms with E-state index in [1.54, 1.807) is 0 Å². The van der Waals surface area contributed by atoms with Gasteiger partial charge in [-0.2, -0.15) is 0 Å². The molecule has 1 aromatic carbocycles. The quantitative estimate of drug-likeness (QED) is 0.791. The van der Waals surface area contributed by atoms with Crippen molar-refractivity contribution in [1.29, 1.82) is 0 Å². The van der Waals surface area contributed by atoms with Crippen molar-refractivity contribution in [2.24, 2.45) is 5.73 Å². The molecule has 1 aromatic heterocycles. The van der Waals surface area contributed by atoms with Gasteiger partial charge in [-0.25, -0.2) is 4.57 Å². The molecule has 1 heterocycles. The molecule has 0 unspecified atom stereocenters. The highest BCUT2D eigenvalue weighted by Crippen LogP contribution is 2.01. The lowest BCUT2D eigenvalue weighted by atomic mass is 10.1. The van der Waals surface area contributed by atoms with Crippen LogP contribution >= 0.6 is 0 Å². The van der Waals surface area contributed by atoms with Crippen molar-refractivity contribution in [2.75, 3.05) is 0 Å². The van der Waals surface area contributed by atoms with Crippen LogP contribution in [0.15, 0.2) is 54.9 Å². The van der Waals surface area contributed by atoms with Crippen LogP contribution in [0.1, 0.15) is 17.5 Å². The Morgan fingerprint density at radius 2 is 1.67 bits per heavy atom. The van der Waals surface area contributed by atoms with E-state index in [2.05, 4.69) is 16.7 Å². The summed E-state index contributed by atoms with van der Waals surface area (Å²) in [6.45, 7) is 0.858. The maximum absolute atomic E-state index is 10.7. The number of hydrogen-bond acceptors (Lipinski definition) is 1. The summed E-state index contributed by atoms with van der Waals surface area (Å²) in [5, 5.41) is 0. The number of carbonyl (C=O) groups is 1. The number of carbonyl (C=O) groups excluding carboxylic acids is 1. The molecule has 0 aliphatic heterocycles. The second-order valence-electron chi connectivity index (χ2n) is 4.33. The average molecular weight is 241 g/mol. The molecule has 0 bridgehead atoms. The number of nitrogens with zero attached hydrogens (tertiary/aromatic N) is 1. The van der Waals surface area contributed by atoms with Gasteiger partial charge in [0, 0.05) is 24.1 Å². The molecule has 0 aliphatic rings. The van der Waals surface area contributed by atoms with E-state index in [0.29, 0.717) is 12.8 Å². The normalized spacial score (nSPS) is 10.2. The number of amides is 1. The predicted octanol–water partition coefficient (Wildman–Crippen LogP) is 1.44. The van der Waals surface area contributed by atoms with Crippen LogP contribution in [0.3, 0.4) is 0 Å². The first-order valence-corrected chi connectivity index (χ1v) is 6.04. The molecule has 0 saturated heterocycles. The minimum atomic E-state index is -0.254. The number of pyridine rings is 1. The molecule has 0 spiro atoms. The second kappa shape index (κ2) is 5.96. The van der Waals surface area contributed by atoms with Gasteiger partial charge in [0.05, 0.1) is 0 Å². The number of primary amides is 1. The number of hydrogen-bond donors (Lipinski definition) is 1. The van der Waals surface area contributed by atoms with E-state index in [-0.39, 0.29) is 5.91 Å². The average Bonchev–Trinajstić information content (AvgIpc) is 2.39. The van der Waals surface area contributed by atoms with Crippen molar-refractivity contribution < 1.29 is 9.36 Å². The number of aryl methyl sites for hydroxylation is 1. The topological polar surface area (TPSA) is 47.0 Å². The molecular weight excluding hydrogens is 224 g/mol. The first-order valence-electron chi connectivity index (χ1n) is 6.04. The van der Waals surface area contributed by atoms with Crippen LogP contribution in [-0.4, -0.2) is 5.91 Å². The lowest BCUT2D eigenvalue weighted by Gasteiger charge is -2.00. The summed E-state index contributed by atoms with van der Waals surface area (Å²) in [7, 11) is 0. The molecule has 92 valence electrons. The summed E-state index contributed by atoms with van der Waals surface area (Å²) in [5.74, 6) is -0.254. The Kier molecular flexibility index (Phi) is 4.07. The van der Waals surface area contributed by atoms with Crippen LogP contribution in [0.4, 0.5) is 0 Å². The van der Waals surface area contributed by atoms with E-state index >= 15 is 0 Å². The molecule has 3 nitrogen and oxygen atoms in total. The van der Waals surface area contributed by atoms with Gasteiger partial charge in [-0.15, -0.1) is 0 Å². The van der Waals surface area contributed by atoms with Crippen molar-refractivity contribution in [2.45, 2.75) is 19.4 Å². The standard InChI is InChI=1S/C15H16N2O/c16-15(18)7-6-13-8-10-17(11-9-13)12-14-4-2-1-3-5-14/h1-5,8-11H,6-7,12H2,(H-,16,18)/p+1. The Balaban J connectivity index is 1.97. The fourth-order valence-corrected chi connectivity index (χ4v) is 1.82. The Labute approximate surface area is 107 Å². The minimum absolute atomic E-state index is 0.254. The summed E-state index contributed by atoms with van der Waals surface area (Å²) in [4.78, 5) is 10.7. The van der Waals surface area contributed by atoms with Gasteiger partial charge in [0.15, 0.2) is 18.9 Å². The zero-order chi connectivity index (χ0) is 12.8. The van der Waals surface area contributed by atoms with Crippen LogP contribution < -0.4 is 10.3 Å². The second-order valence-corrected chi connectivity index (χ2v) is 4.33. The van der Waals surface area contributed by atoms with Gasteiger partial charge >= 0.3 is 0 Å². The lowest BCUT2D eigenvalue weighted by Crippen LogP contribution is -2.33. The maximum atomic E-state index is 10.7. The van der Waals surface area contributed by atoms with Gasteiger partial charge in [0.1, 0.15) is 0 Å². The van der Waals surface area contributed by atoms with Gasteiger partial charge < -0.3 is 5.73 Å². The summed E-state index contributed by atoms with van der Waals surface area (Å²) in [6, 6.07) is 14.4. The molecular formula is C15H17N2O+. The largest absolute Gasteiger partial charge is 0.370 e. The third-order valence-corrected chi connectivity index (χ3v) is 2.83. The molecule has 0 aliphatic carbocycles. The number of nitrogens with two attached hydrogens (primary N) is 1. The van der Waals surface area contributed by atoms with Crippen molar-refractivity contribution in [1.82, 2.24) is 0 Å². The van der Waals surface area contributed by atoms with E-state index in [1.807, 2.05) is 42.7 Å². The van der Waals surface area contributed by atoms with Gasteiger partial charge in [-0.1, -0.05) is 30.3 Å². The molecule has 0 saturated carbocycles. The van der Waals surface area contributed by atoms with Crippen LogP contribution in [0.2, 0.25) is 0 Å². The molecule has 3 heteroatoms. The Morgan fingerprint density at radius 1 is 1.00 bits per heavy atom. The highest BCUT2D eigenvalue weighted by Gasteiger charge is 2.03. The van der Waals surface area contributed by atoms with Crippen molar-refractivity contribution in [3.8, 4) is 0 Å². The number of rotatable bonds is 5. The van der Waals surface area contributed by atoms with Crippen molar-refractivity contribution in [3.05, 3.63) is 66.0 Å². The molecule has 1 amide bonds. The lowest BCUT2D eigenvalue weighted by molar-refractivity contribution is -0.688. The van der Waals surface area contributed by atoms with Gasteiger partial charge in [0.2, 0.25) is 5.91 Å². The van der Waals surface area contributed by atoms with Crippen LogP contribution in [0.5, 0.6) is 0 Å². The third kappa shape index (κ3) is 3.70. The highest BCUT2D eigenvalue weighted by atomic mass is 16.1. The Hall–Kier alpha value is -2.16. The maximum Gasteiger partial charge on any atom is 0.217 e. The fraction of sp³-hybridized carbons (Fsp3) is 0.200. The molecule has 2 aromatic rings. The van der Waals surface area contributed by atoms with Crippen LogP contribution in [-0.2, 0) is 17.8 Å². The van der Waals surface area contributed by atoms with Gasteiger partial charge in [0.25, 0.3) is 0 Å². The summed E-state index contributed by atoms with van der Waals surface area (Å²) in [6.07, 6.45) is 5.18. The Bertz CT molecular complexity index is 506. The summed E-state index contributed by atoms with van der Waals surface area (Å²) >= 11 is 0. The SMILES string of the molecule is NC(=O)CCc1cc[n+](Cc2ccccc2)cc1. The smallest absolute Gasteiger partial charge is 0.217 e. The zero-order valence-corrected chi connectivity index (χ0v) is 10.3. The monoisotopic (exact) mass is 241 g/mol. The van der Waals surface area contributed by atoms with Crippen molar-refractivity contribution >= 4 is 5.91 Å². The van der Waals surface area contributed by atoms with Crippen LogP contribution in [0, 0.1) is 0 Å². The zero-order valence-electron chi connectivity index (χ0n) is 10.3. The molecule has 2 N–H and O–H groups in total. The van der Waals surface area contributed by atoms with Gasteiger partial charge in [-0.3, -0.25) is 4.79 Å². The van der Waals surface area contributed by atoms with Gasteiger partial charge in [-0.05, 0) is 12.0 Å². The first-order chi connectivity index (χ1) is 8.74. The minimum Gasteiger partial charge on any atom is -0.370 e. The fourth-order valence-electron chi connectivity index (χ4n) is 1.82. The summed E-state index contributed by atoms with van der Waals surface area (Å²) < 4.78 is 2.11.